The Labute approximate surface area is 103 Å². The van der Waals surface area contributed by atoms with Crippen LogP contribution in [-0.4, -0.2) is 25.3 Å². The summed E-state index contributed by atoms with van der Waals surface area (Å²) in [6.45, 7) is 9.82. The first-order valence-corrected chi connectivity index (χ1v) is 6.67. The molecule has 1 aliphatic carbocycles. The van der Waals surface area contributed by atoms with Crippen LogP contribution in [0.15, 0.2) is 12.2 Å². The van der Waals surface area contributed by atoms with Crippen LogP contribution in [0.4, 0.5) is 0 Å². The van der Waals surface area contributed by atoms with E-state index in [9.17, 15) is 0 Å². The Morgan fingerprint density at radius 3 is 2.41 bits per heavy atom. The van der Waals surface area contributed by atoms with E-state index in [1.165, 1.54) is 19.3 Å². The molecule has 0 aromatic rings. The molecule has 2 aliphatic heterocycles. The molecule has 0 amide bonds. The van der Waals surface area contributed by atoms with Crippen molar-refractivity contribution in [2.75, 3.05) is 13.2 Å². The van der Waals surface area contributed by atoms with Crippen LogP contribution in [0.25, 0.3) is 0 Å². The lowest BCUT2D eigenvalue weighted by atomic mass is 9.83. The molecule has 0 unspecified atom stereocenters. The molecule has 2 atom stereocenters. The third kappa shape index (κ3) is 1.85. The van der Waals surface area contributed by atoms with E-state index in [0.717, 1.165) is 12.0 Å². The highest BCUT2D eigenvalue weighted by Gasteiger charge is 2.55. The Balaban J connectivity index is 1.78. The number of fused-ring (bicyclic) bond motifs is 1. The van der Waals surface area contributed by atoms with Gasteiger partial charge in [0, 0.05) is 16.9 Å². The van der Waals surface area contributed by atoms with Gasteiger partial charge in [-0.3, -0.25) is 0 Å². The predicted octanol–water partition coefficient (Wildman–Crippen LogP) is 2.86. The predicted molar refractivity (Wildman–Crippen MR) is 64.4 cm³/mol. The highest BCUT2D eigenvalue weighted by molar-refractivity contribution is 5.18. The zero-order valence-corrected chi connectivity index (χ0v) is 10.8. The van der Waals surface area contributed by atoms with Gasteiger partial charge in [-0.2, -0.15) is 0 Å². The molecule has 3 aliphatic rings. The molecule has 3 fully saturated rings. The highest BCUT2D eigenvalue weighted by Crippen LogP contribution is 2.49. The first-order valence-electron chi connectivity index (χ1n) is 6.67. The van der Waals surface area contributed by atoms with E-state index in [4.69, 9.17) is 14.2 Å². The minimum Gasteiger partial charge on any atom is -0.323 e. The van der Waals surface area contributed by atoms with E-state index in [-0.39, 0.29) is 11.5 Å². The number of ether oxygens (including phenoxy) is 3. The Hall–Kier alpha value is -0.380. The molecule has 3 nitrogen and oxygen atoms in total. The van der Waals surface area contributed by atoms with E-state index >= 15 is 0 Å². The van der Waals surface area contributed by atoms with E-state index in [1.807, 2.05) is 0 Å². The second-order valence-corrected chi connectivity index (χ2v) is 6.37. The fourth-order valence-electron chi connectivity index (χ4n) is 3.06. The number of hydrogen-bond acceptors (Lipinski definition) is 3. The molecule has 0 aromatic heterocycles. The van der Waals surface area contributed by atoms with Crippen LogP contribution in [0.1, 0.15) is 39.5 Å². The van der Waals surface area contributed by atoms with Crippen molar-refractivity contribution in [3.05, 3.63) is 12.2 Å². The highest BCUT2D eigenvalue weighted by atomic mass is 16.9. The summed E-state index contributed by atoms with van der Waals surface area (Å²) >= 11 is 0. The maximum absolute atomic E-state index is 6.06. The Kier molecular flexibility index (Phi) is 2.62. The lowest BCUT2D eigenvalue weighted by Gasteiger charge is -2.41. The molecule has 96 valence electrons. The van der Waals surface area contributed by atoms with Gasteiger partial charge in [-0.25, -0.2) is 0 Å². The summed E-state index contributed by atoms with van der Waals surface area (Å²) in [5.74, 6) is -0.486. The maximum atomic E-state index is 6.06. The van der Waals surface area contributed by atoms with Crippen molar-refractivity contribution in [3.63, 3.8) is 0 Å². The van der Waals surface area contributed by atoms with Gasteiger partial charge in [-0.05, 0) is 12.8 Å². The van der Waals surface area contributed by atoms with Gasteiger partial charge in [0.15, 0.2) is 0 Å². The average Bonchev–Trinajstić information content (AvgIpc) is 2.58. The van der Waals surface area contributed by atoms with Gasteiger partial charge in [-0.15, -0.1) is 0 Å². The van der Waals surface area contributed by atoms with Gasteiger partial charge in [0.2, 0.25) is 0 Å². The van der Waals surface area contributed by atoms with Crippen molar-refractivity contribution < 1.29 is 14.2 Å². The molecule has 0 radical (unpaired) electrons. The largest absolute Gasteiger partial charge is 0.323 e. The third-order valence-electron chi connectivity index (χ3n) is 4.16. The van der Waals surface area contributed by atoms with E-state index in [0.29, 0.717) is 19.1 Å². The average molecular weight is 238 g/mol. The van der Waals surface area contributed by atoms with Gasteiger partial charge in [-0.1, -0.05) is 33.3 Å². The molecule has 1 saturated carbocycles. The van der Waals surface area contributed by atoms with Gasteiger partial charge in [0.05, 0.1) is 19.3 Å². The Morgan fingerprint density at radius 2 is 1.76 bits per heavy atom. The third-order valence-corrected chi connectivity index (χ3v) is 4.16. The van der Waals surface area contributed by atoms with Crippen molar-refractivity contribution in [1.82, 2.24) is 0 Å². The molecular formula is C14H22O3. The van der Waals surface area contributed by atoms with Crippen LogP contribution in [-0.2, 0) is 14.2 Å². The first-order chi connectivity index (χ1) is 8.03. The SMILES string of the molecule is C=C1[C@H]2CCCC[C@@H]2OC12OCC(C)(C)CO2. The molecule has 0 aromatic carbocycles. The van der Waals surface area contributed by atoms with E-state index in [2.05, 4.69) is 20.4 Å². The van der Waals surface area contributed by atoms with Crippen LogP contribution in [0.3, 0.4) is 0 Å². The normalized spacial score (nSPS) is 39.3. The number of rotatable bonds is 0. The topological polar surface area (TPSA) is 27.7 Å². The molecule has 17 heavy (non-hydrogen) atoms. The summed E-state index contributed by atoms with van der Waals surface area (Å²) in [5, 5.41) is 0. The molecule has 1 spiro atoms. The van der Waals surface area contributed by atoms with Gasteiger partial charge >= 0.3 is 5.97 Å². The van der Waals surface area contributed by atoms with Crippen LogP contribution in [0, 0.1) is 11.3 Å². The zero-order chi connectivity index (χ0) is 12.1. The Bertz CT molecular complexity index is 324. The quantitative estimate of drug-likeness (QED) is 0.607. The molecular weight excluding hydrogens is 216 g/mol. The van der Waals surface area contributed by atoms with Gasteiger partial charge in [0.25, 0.3) is 0 Å². The summed E-state index contributed by atoms with van der Waals surface area (Å²) in [7, 11) is 0. The molecule has 3 rings (SSSR count). The second kappa shape index (κ2) is 3.81. The summed E-state index contributed by atoms with van der Waals surface area (Å²) in [4.78, 5) is 0. The van der Waals surface area contributed by atoms with Crippen molar-refractivity contribution >= 4 is 0 Å². The van der Waals surface area contributed by atoms with E-state index < -0.39 is 5.97 Å². The fraction of sp³-hybridized carbons (Fsp3) is 0.857. The Morgan fingerprint density at radius 1 is 1.12 bits per heavy atom. The van der Waals surface area contributed by atoms with Crippen molar-refractivity contribution in [2.24, 2.45) is 11.3 Å². The minimum atomic E-state index is -0.921. The van der Waals surface area contributed by atoms with E-state index in [1.54, 1.807) is 0 Å². The zero-order valence-electron chi connectivity index (χ0n) is 10.8. The summed E-state index contributed by atoms with van der Waals surface area (Å²) in [5.41, 5.74) is 1.08. The molecule has 2 saturated heterocycles. The van der Waals surface area contributed by atoms with Crippen LogP contribution in [0.2, 0.25) is 0 Å². The summed E-state index contributed by atoms with van der Waals surface area (Å²) in [6.07, 6.45) is 5.06. The molecule has 0 bridgehead atoms. The lowest BCUT2D eigenvalue weighted by molar-refractivity contribution is -0.390. The van der Waals surface area contributed by atoms with Crippen molar-refractivity contribution in [2.45, 2.75) is 51.6 Å². The van der Waals surface area contributed by atoms with Crippen LogP contribution in [0.5, 0.6) is 0 Å². The smallest absolute Gasteiger partial charge is 0.308 e. The summed E-state index contributed by atoms with van der Waals surface area (Å²) in [6, 6.07) is 0. The second-order valence-electron chi connectivity index (χ2n) is 6.37. The van der Waals surface area contributed by atoms with Gasteiger partial charge in [0.1, 0.15) is 0 Å². The standard InChI is InChI=1S/C14H22O3/c1-10-11-6-4-5-7-12(11)17-14(10)15-8-13(2,3)9-16-14/h11-12H,1,4-9H2,2-3H3/t11-,12+/m1/s1. The maximum Gasteiger partial charge on any atom is 0.308 e. The number of hydrogen-bond donors (Lipinski definition) is 0. The van der Waals surface area contributed by atoms with Crippen LogP contribution < -0.4 is 0 Å². The monoisotopic (exact) mass is 238 g/mol. The van der Waals surface area contributed by atoms with Gasteiger partial charge < -0.3 is 14.2 Å². The molecule has 3 heteroatoms. The van der Waals surface area contributed by atoms with Crippen molar-refractivity contribution in [1.29, 1.82) is 0 Å². The van der Waals surface area contributed by atoms with Crippen LogP contribution >= 0.6 is 0 Å². The summed E-state index contributed by atoms with van der Waals surface area (Å²) < 4.78 is 17.9. The lowest BCUT2D eigenvalue weighted by Crippen LogP contribution is -2.48. The molecule has 2 heterocycles. The first kappa shape index (κ1) is 11.7. The fourth-order valence-corrected chi connectivity index (χ4v) is 3.06. The minimum absolute atomic E-state index is 0.0721. The van der Waals surface area contributed by atoms with Crippen molar-refractivity contribution in [3.8, 4) is 0 Å². The molecule has 0 N–H and O–H groups in total.